The normalized spacial score (nSPS) is 14.5. The van der Waals surface area contributed by atoms with Crippen molar-refractivity contribution < 1.29 is 14.3 Å². The maximum Gasteiger partial charge on any atom is 0.257 e. The lowest BCUT2D eigenvalue weighted by atomic mass is 10.1. The molecule has 6 nitrogen and oxygen atoms in total. The fourth-order valence-corrected chi connectivity index (χ4v) is 4.61. The lowest BCUT2D eigenvalue weighted by Crippen LogP contribution is -2.48. The Kier molecular flexibility index (Phi) is 6.75. The first-order valence-electron chi connectivity index (χ1n) is 10.0. The standard InChI is InChI=1S/C23H24ClN3O3S/c1-29-18-6-3-16(4-7-18)20-15-31-22(25-20)14-26-9-11-27(12-10-26)23(28)19-13-17(24)5-8-21(19)30-2/h3-8,13,15H,9-12,14H2,1-2H3. The zero-order chi connectivity index (χ0) is 21.8. The molecule has 0 saturated carbocycles. The van der Waals surface area contributed by atoms with Crippen molar-refractivity contribution in [1.82, 2.24) is 14.8 Å². The van der Waals surface area contributed by atoms with E-state index in [1.165, 1.54) is 0 Å². The highest BCUT2D eigenvalue weighted by molar-refractivity contribution is 7.09. The van der Waals surface area contributed by atoms with Crippen LogP contribution in [0.1, 0.15) is 15.4 Å². The van der Waals surface area contributed by atoms with Gasteiger partial charge in [0.15, 0.2) is 0 Å². The summed E-state index contributed by atoms with van der Waals surface area (Å²) in [5.74, 6) is 1.34. The summed E-state index contributed by atoms with van der Waals surface area (Å²) in [4.78, 5) is 21.9. The number of thiazole rings is 1. The number of benzene rings is 2. The molecule has 0 unspecified atom stereocenters. The summed E-state index contributed by atoms with van der Waals surface area (Å²) in [6.45, 7) is 3.69. The summed E-state index contributed by atoms with van der Waals surface area (Å²) in [6, 6.07) is 13.1. The van der Waals surface area contributed by atoms with Crippen molar-refractivity contribution in [3.63, 3.8) is 0 Å². The number of carbonyl (C=O) groups is 1. The Balaban J connectivity index is 1.35. The first-order chi connectivity index (χ1) is 15.1. The van der Waals surface area contributed by atoms with Crippen LogP contribution in [0.3, 0.4) is 0 Å². The van der Waals surface area contributed by atoms with E-state index in [2.05, 4.69) is 10.3 Å². The number of amides is 1. The number of hydrogen-bond donors (Lipinski definition) is 0. The summed E-state index contributed by atoms with van der Waals surface area (Å²) >= 11 is 7.75. The highest BCUT2D eigenvalue weighted by Gasteiger charge is 2.25. The predicted molar refractivity (Wildman–Crippen MR) is 123 cm³/mol. The first-order valence-corrected chi connectivity index (χ1v) is 11.3. The number of methoxy groups -OCH3 is 2. The minimum atomic E-state index is -0.0463. The molecule has 2 heterocycles. The molecule has 1 aliphatic heterocycles. The summed E-state index contributed by atoms with van der Waals surface area (Å²) in [6.07, 6.45) is 0. The van der Waals surface area contributed by atoms with Crippen molar-refractivity contribution in [2.24, 2.45) is 0 Å². The van der Waals surface area contributed by atoms with Gasteiger partial charge in [-0.05, 0) is 42.5 Å². The molecule has 8 heteroatoms. The number of ether oxygens (including phenoxy) is 2. The van der Waals surface area contributed by atoms with Crippen LogP contribution < -0.4 is 9.47 Å². The quantitative estimate of drug-likeness (QED) is 0.547. The Morgan fingerprint density at radius 3 is 2.48 bits per heavy atom. The summed E-state index contributed by atoms with van der Waals surface area (Å²) < 4.78 is 10.6. The lowest BCUT2D eigenvalue weighted by Gasteiger charge is -2.34. The van der Waals surface area contributed by atoms with Crippen LogP contribution in [0.15, 0.2) is 47.8 Å². The van der Waals surface area contributed by atoms with Crippen molar-refractivity contribution in [2.75, 3.05) is 40.4 Å². The van der Waals surface area contributed by atoms with Gasteiger partial charge in [-0.1, -0.05) is 11.6 Å². The molecule has 0 radical (unpaired) electrons. The van der Waals surface area contributed by atoms with Crippen LogP contribution >= 0.6 is 22.9 Å². The van der Waals surface area contributed by atoms with E-state index < -0.39 is 0 Å². The van der Waals surface area contributed by atoms with Crippen molar-refractivity contribution in [3.8, 4) is 22.8 Å². The molecule has 2 aromatic carbocycles. The van der Waals surface area contributed by atoms with Gasteiger partial charge in [0.25, 0.3) is 5.91 Å². The van der Waals surface area contributed by atoms with Gasteiger partial charge in [-0.15, -0.1) is 11.3 Å². The predicted octanol–water partition coefficient (Wildman–Crippen LogP) is 4.44. The van der Waals surface area contributed by atoms with E-state index in [0.29, 0.717) is 29.4 Å². The van der Waals surface area contributed by atoms with Crippen LogP contribution in [0.2, 0.25) is 5.02 Å². The molecule has 0 spiro atoms. The number of carbonyl (C=O) groups excluding carboxylic acids is 1. The van der Waals surface area contributed by atoms with E-state index >= 15 is 0 Å². The second kappa shape index (κ2) is 9.68. The highest BCUT2D eigenvalue weighted by atomic mass is 35.5. The minimum absolute atomic E-state index is 0.0463. The molecular weight excluding hydrogens is 434 g/mol. The Labute approximate surface area is 191 Å². The third-order valence-electron chi connectivity index (χ3n) is 5.35. The van der Waals surface area contributed by atoms with Gasteiger partial charge < -0.3 is 14.4 Å². The number of piperazine rings is 1. The zero-order valence-electron chi connectivity index (χ0n) is 17.5. The van der Waals surface area contributed by atoms with Crippen LogP contribution in [-0.2, 0) is 6.54 Å². The molecule has 1 fully saturated rings. The second-order valence-corrected chi connectivity index (χ2v) is 8.65. The summed E-state index contributed by atoms with van der Waals surface area (Å²) in [5, 5.41) is 3.68. The molecule has 1 aromatic heterocycles. The number of nitrogens with zero attached hydrogens (tertiary/aromatic N) is 3. The Morgan fingerprint density at radius 1 is 1.06 bits per heavy atom. The van der Waals surface area contributed by atoms with E-state index in [1.54, 1.807) is 43.8 Å². The van der Waals surface area contributed by atoms with Gasteiger partial charge >= 0.3 is 0 Å². The van der Waals surface area contributed by atoms with E-state index in [1.807, 2.05) is 29.2 Å². The molecule has 1 amide bonds. The van der Waals surface area contributed by atoms with Crippen LogP contribution in [0.5, 0.6) is 11.5 Å². The molecule has 31 heavy (non-hydrogen) atoms. The number of aromatic nitrogens is 1. The monoisotopic (exact) mass is 457 g/mol. The van der Waals surface area contributed by atoms with E-state index in [4.69, 9.17) is 26.1 Å². The topological polar surface area (TPSA) is 54.9 Å². The van der Waals surface area contributed by atoms with Crippen molar-refractivity contribution in [1.29, 1.82) is 0 Å². The van der Waals surface area contributed by atoms with Gasteiger partial charge in [0.2, 0.25) is 0 Å². The molecule has 0 atom stereocenters. The largest absolute Gasteiger partial charge is 0.497 e. The van der Waals surface area contributed by atoms with Gasteiger partial charge in [0, 0.05) is 42.1 Å². The van der Waals surface area contributed by atoms with Crippen molar-refractivity contribution in [2.45, 2.75) is 6.54 Å². The Hall–Kier alpha value is -2.61. The van der Waals surface area contributed by atoms with Crippen LogP contribution in [-0.4, -0.2) is 61.1 Å². The highest BCUT2D eigenvalue weighted by Crippen LogP contribution is 2.26. The van der Waals surface area contributed by atoms with Gasteiger partial charge in [0.05, 0.1) is 32.0 Å². The maximum atomic E-state index is 13.0. The molecule has 1 aliphatic rings. The smallest absolute Gasteiger partial charge is 0.257 e. The number of halogens is 1. The first kappa shape index (κ1) is 21.6. The molecule has 1 saturated heterocycles. The fourth-order valence-electron chi connectivity index (χ4n) is 3.60. The SMILES string of the molecule is COc1ccc(-c2csc(CN3CCN(C(=O)c4cc(Cl)ccc4OC)CC3)n2)cc1. The molecule has 0 bridgehead atoms. The zero-order valence-corrected chi connectivity index (χ0v) is 19.1. The van der Waals surface area contributed by atoms with Gasteiger partial charge in [-0.25, -0.2) is 4.98 Å². The van der Waals surface area contributed by atoms with Gasteiger partial charge in [-0.3, -0.25) is 9.69 Å². The second-order valence-electron chi connectivity index (χ2n) is 7.27. The molecule has 0 aliphatic carbocycles. The molecule has 162 valence electrons. The average Bonchev–Trinajstić information content (AvgIpc) is 3.27. The summed E-state index contributed by atoms with van der Waals surface area (Å²) in [5.41, 5.74) is 2.56. The minimum Gasteiger partial charge on any atom is -0.497 e. The third kappa shape index (κ3) is 5.01. The third-order valence-corrected chi connectivity index (χ3v) is 6.42. The number of hydrogen-bond acceptors (Lipinski definition) is 6. The van der Waals surface area contributed by atoms with Gasteiger partial charge in [0.1, 0.15) is 16.5 Å². The van der Waals surface area contributed by atoms with Gasteiger partial charge in [-0.2, -0.15) is 0 Å². The van der Waals surface area contributed by atoms with Crippen LogP contribution in [0, 0.1) is 0 Å². The number of rotatable bonds is 6. The van der Waals surface area contributed by atoms with Crippen molar-refractivity contribution in [3.05, 3.63) is 63.4 Å². The summed E-state index contributed by atoms with van der Waals surface area (Å²) in [7, 11) is 3.22. The fraction of sp³-hybridized carbons (Fsp3) is 0.304. The van der Waals surface area contributed by atoms with Crippen LogP contribution in [0.25, 0.3) is 11.3 Å². The molecule has 3 aromatic rings. The van der Waals surface area contributed by atoms with E-state index in [9.17, 15) is 4.79 Å². The van der Waals surface area contributed by atoms with Crippen LogP contribution in [0.4, 0.5) is 0 Å². The Bertz CT molecular complexity index is 1050. The van der Waals surface area contributed by atoms with E-state index in [0.717, 1.165) is 41.6 Å². The molecular formula is C23H24ClN3O3S. The van der Waals surface area contributed by atoms with Crippen molar-refractivity contribution >= 4 is 28.8 Å². The Morgan fingerprint density at radius 2 is 1.81 bits per heavy atom. The molecule has 4 rings (SSSR count). The average molecular weight is 458 g/mol. The lowest BCUT2D eigenvalue weighted by molar-refractivity contribution is 0.0625. The van der Waals surface area contributed by atoms with E-state index in [-0.39, 0.29) is 5.91 Å². The molecule has 0 N–H and O–H groups in total. The maximum absolute atomic E-state index is 13.0.